The summed E-state index contributed by atoms with van der Waals surface area (Å²) in [5, 5.41) is 9.82. The molecule has 0 spiro atoms. The number of hydrogen-bond acceptors (Lipinski definition) is 1. The molecule has 1 aromatic rings. The Labute approximate surface area is 83.6 Å². The van der Waals surface area contributed by atoms with Crippen LogP contribution in [0.4, 0.5) is 4.39 Å². The van der Waals surface area contributed by atoms with Crippen LogP contribution in [0, 0.1) is 18.7 Å². The molecule has 0 radical (unpaired) electrons. The molecule has 1 N–H and O–H groups in total. The highest BCUT2D eigenvalue weighted by Gasteiger charge is 2.25. The maximum Gasteiger partial charge on any atom is 0.126 e. The lowest BCUT2D eigenvalue weighted by atomic mass is 10.0. The maximum atomic E-state index is 13.0. The molecule has 1 aromatic carbocycles. The van der Waals surface area contributed by atoms with Crippen molar-refractivity contribution in [2.45, 2.75) is 32.3 Å². The van der Waals surface area contributed by atoms with Crippen LogP contribution in [0.2, 0.25) is 0 Å². The van der Waals surface area contributed by atoms with Crippen molar-refractivity contribution in [3.63, 3.8) is 0 Å². The summed E-state index contributed by atoms with van der Waals surface area (Å²) >= 11 is 0. The zero-order valence-corrected chi connectivity index (χ0v) is 8.33. The molecule has 0 bridgehead atoms. The summed E-state index contributed by atoms with van der Waals surface area (Å²) in [5.74, 6) is 0.489. The molecule has 2 rings (SSSR count). The first-order chi connectivity index (χ1) is 6.66. The first-order valence-corrected chi connectivity index (χ1v) is 5.11. The highest BCUT2D eigenvalue weighted by atomic mass is 19.1. The molecule has 1 saturated carbocycles. The van der Waals surface area contributed by atoms with E-state index in [1.165, 1.54) is 18.9 Å². The van der Waals surface area contributed by atoms with Gasteiger partial charge in [0, 0.05) is 0 Å². The predicted molar refractivity (Wildman–Crippen MR) is 53.4 cm³/mol. The Morgan fingerprint density at radius 2 is 2.21 bits per heavy atom. The van der Waals surface area contributed by atoms with E-state index in [1.807, 2.05) is 0 Å². The largest absolute Gasteiger partial charge is 0.388 e. The smallest absolute Gasteiger partial charge is 0.126 e. The molecule has 0 heterocycles. The Balaban J connectivity index is 2.10. The summed E-state index contributed by atoms with van der Waals surface area (Å²) in [7, 11) is 0. The van der Waals surface area contributed by atoms with Gasteiger partial charge in [-0.3, -0.25) is 0 Å². The number of aryl methyl sites for hydroxylation is 1. The van der Waals surface area contributed by atoms with E-state index in [9.17, 15) is 9.50 Å². The standard InChI is InChI=1S/C12H15FO/c1-8-6-10(4-5-11(8)13)12(14)7-9-2-3-9/h4-6,9,12,14H,2-3,7H2,1H3. The minimum atomic E-state index is -0.415. The van der Waals surface area contributed by atoms with Gasteiger partial charge in [-0.2, -0.15) is 0 Å². The van der Waals surface area contributed by atoms with Crippen molar-refractivity contribution >= 4 is 0 Å². The second kappa shape index (κ2) is 3.70. The third-order valence-corrected chi connectivity index (χ3v) is 2.82. The minimum Gasteiger partial charge on any atom is -0.388 e. The van der Waals surface area contributed by atoms with Crippen molar-refractivity contribution in [2.75, 3.05) is 0 Å². The minimum absolute atomic E-state index is 0.202. The molecular formula is C12H15FO. The van der Waals surface area contributed by atoms with Gasteiger partial charge in [-0.15, -0.1) is 0 Å². The number of halogens is 1. The Hall–Kier alpha value is -0.890. The highest BCUT2D eigenvalue weighted by molar-refractivity contribution is 5.25. The van der Waals surface area contributed by atoms with Crippen LogP contribution >= 0.6 is 0 Å². The molecule has 1 nitrogen and oxygen atoms in total. The SMILES string of the molecule is Cc1cc(C(O)CC2CC2)ccc1F. The molecule has 0 amide bonds. The van der Waals surface area contributed by atoms with Crippen LogP contribution in [-0.2, 0) is 0 Å². The number of rotatable bonds is 3. The van der Waals surface area contributed by atoms with Crippen LogP contribution in [0.5, 0.6) is 0 Å². The van der Waals surface area contributed by atoms with Crippen molar-refractivity contribution in [3.05, 3.63) is 35.1 Å². The van der Waals surface area contributed by atoms with E-state index in [2.05, 4.69) is 0 Å². The second-order valence-electron chi connectivity index (χ2n) is 4.20. The number of benzene rings is 1. The van der Waals surface area contributed by atoms with Gasteiger partial charge in [-0.05, 0) is 36.5 Å². The molecule has 76 valence electrons. The third-order valence-electron chi connectivity index (χ3n) is 2.82. The lowest BCUT2D eigenvalue weighted by Crippen LogP contribution is -1.99. The molecule has 1 atom stereocenters. The van der Waals surface area contributed by atoms with E-state index in [0.29, 0.717) is 11.5 Å². The summed E-state index contributed by atoms with van der Waals surface area (Å²) in [6.07, 6.45) is 2.88. The first-order valence-electron chi connectivity index (χ1n) is 5.11. The van der Waals surface area contributed by atoms with Crippen LogP contribution in [0.1, 0.15) is 36.5 Å². The van der Waals surface area contributed by atoms with Crippen molar-refractivity contribution < 1.29 is 9.50 Å². The average Bonchev–Trinajstić information content (AvgIpc) is 2.93. The Bertz CT molecular complexity index is 331. The van der Waals surface area contributed by atoms with Crippen LogP contribution in [-0.4, -0.2) is 5.11 Å². The van der Waals surface area contributed by atoms with E-state index in [0.717, 1.165) is 12.0 Å². The van der Waals surface area contributed by atoms with E-state index < -0.39 is 6.10 Å². The monoisotopic (exact) mass is 194 g/mol. The maximum absolute atomic E-state index is 13.0. The molecule has 1 aliphatic rings. The van der Waals surface area contributed by atoms with Crippen LogP contribution in [0.3, 0.4) is 0 Å². The molecule has 2 heteroatoms. The Morgan fingerprint density at radius 3 is 2.79 bits per heavy atom. The van der Waals surface area contributed by atoms with Crippen LogP contribution in [0.15, 0.2) is 18.2 Å². The Morgan fingerprint density at radius 1 is 1.50 bits per heavy atom. The summed E-state index contributed by atoms with van der Waals surface area (Å²) in [4.78, 5) is 0. The first kappa shape index (κ1) is 9.66. The van der Waals surface area contributed by atoms with Gasteiger partial charge in [0.25, 0.3) is 0 Å². The number of hydrogen-bond donors (Lipinski definition) is 1. The zero-order valence-electron chi connectivity index (χ0n) is 8.33. The molecule has 0 saturated heterocycles. The van der Waals surface area contributed by atoms with Gasteiger partial charge in [-0.25, -0.2) is 4.39 Å². The molecular weight excluding hydrogens is 179 g/mol. The summed E-state index contributed by atoms with van der Waals surface area (Å²) in [6, 6.07) is 4.85. The van der Waals surface area contributed by atoms with Crippen LogP contribution in [0.25, 0.3) is 0 Å². The van der Waals surface area contributed by atoms with E-state index in [-0.39, 0.29) is 5.82 Å². The lowest BCUT2D eigenvalue weighted by molar-refractivity contribution is 0.160. The second-order valence-corrected chi connectivity index (χ2v) is 4.20. The van der Waals surface area contributed by atoms with E-state index in [4.69, 9.17) is 0 Å². The highest BCUT2D eigenvalue weighted by Crippen LogP contribution is 2.37. The summed E-state index contributed by atoms with van der Waals surface area (Å²) in [6.45, 7) is 1.72. The fraction of sp³-hybridized carbons (Fsp3) is 0.500. The topological polar surface area (TPSA) is 20.2 Å². The summed E-state index contributed by atoms with van der Waals surface area (Å²) < 4.78 is 13.0. The summed E-state index contributed by atoms with van der Waals surface area (Å²) in [5.41, 5.74) is 1.45. The number of aliphatic hydroxyl groups is 1. The Kier molecular flexibility index (Phi) is 2.55. The van der Waals surface area contributed by atoms with Gasteiger partial charge in [0.1, 0.15) is 5.82 Å². The van der Waals surface area contributed by atoms with Gasteiger partial charge in [0.2, 0.25) is 0 Å². The van der Waals surface area contributed by atoms with Crippen molar-refractivity contribution in [1.29, 1.82) is 0 Å². The molecule has 1 unspecified atom stereocenters. The van der Waals surface area contributed by atoms with Crippen molar-refractivity contribution in [3.8, 4) is 0 Å². The number of aliphatic hydroxyl groups excluding tert-OH is 1. The fourth-order valence-electron chi connectivity index (χ4n) is 1.68. The average molecular weight is 194 g/mol. The van der Waals surface area contributed by atoms with Gasteiger partial charge in [0.05, 0.1) is 6.10 Å². The third kappa shape index (κ3) is 2.13. The lowest BCUT2D eigenvalue weighted by Gasteiger charge is -2.11. The normalized spacial score (nSPS) is 18.2. The molecule has 1 aliphatic carbocycles. The van der Waals surface area contributed by atoms with E-state index >= 15 is 0 Å². The molecule has 1 fully saturated rings. The van der Waals surface area contributed by atoms with Crippen molar-refractivity contribution in [2.24, 2.45) is 5.92 Å². The predicted octanol–water partition coefficient (Wildman–Crippen LogP) is 2.97. The van der Waals surface area contributed by atoms with Crippen LogP contribution < -0.4 is 0 Å². The fourth-order valence-corrected chi connectivity index (χ4v) is 1.68. The molecule has 14 heavy (non-hydrogen) atoms. The van der Waals surface area contributed by atoms with Crippen molar-refractivity contribution in [1.82, 2.24) is 0 Å². The van der Waals surface area contributed by atoms with Gasteiger partial charge < -0.3 is 5.11 Å². The van der Waals surface area contributed by atoms with E-state index in [1.54, 1.807) is 19.1 Å². The van der Waals surface area contributed by atoms with Gasteiger partial charge >= 0.3 is 0 Å². The quantitative estimate of drug-likeness (QED) is 0.784. The van der Waals surface area contributed by atoms with Gasteiger partial charge in [0.15, 0.2) is 0 Å². The molecule has 0 aliphatic heterocycles. The molecule has 0 aromatic heterocycles. The van der Waals surface area contributed by atoms with Gasteiger partial charge in [-0.1, -0.05) is 25.0 Å². The zero-order chi connectivity index (χ0) is 10.1.